The van der Waals surface area contributed by atoms with Crippen molar-refractivity contribution < 1.29 is 9.53 Å². The van der Waals surface area contributed by atoms with Gasteiger partial charge in [-0.3, -0.25) is 4.79 Å². The molecule has 1 unspecified atom stereocenters. The third-order valence-corrected chi connectivity index (χ3v) is 3.97. The van der Waals surface area contributed by atoms with Gasteiger partial charge in [-0.1, -0.05) is 12.1 Å². The zero-order valence-electron chi connectivity index (χ0n) is 10.0. The minimum absolute atomic E-state index is 0.0610. The Bertz CT molecular complexity index is 510. The fourth-order valence-corrected chi connectivity index (χ4v) is 2.33. The van der Waals surface area contributed by atoms with Crippen LogP contribution in [0.4, 0.5) is 0 Å². The molecule has 1 fully saturated rings. The molecular formula is C13H13BrN2O2. The summed E-state index contributed by atoms with van der Waals surface area (Å²) in [5.74, 6) is -0.0610. The number of benzene rings is 1. The summed E-state index contributed by atoms with van der Waals surface area (Å²) in [6.07, 6.45) is -0.522. The Morgan fingerprint density at radius 3 is 3.11 bits per heavy atom. The topological polar surface area (TPSA) is 53.3 Å². The van der Waals surface area contributed by atoms with Crippen molar-refractivity contribution in [1.82, 2.24) is 4.90 Å². The number of nitriles is 1. The van der Waals surface area contributed by atoms with Crippen molar-refractivity contribution in [2.45, 2.75) is 13.0 Å². The summed E-state index contributed by atoms with van der Waals surface area (Å²) in [7, 11) is 0. The maximum absolute atomic E-state index is 12.4. The lowest BCUT2D eigenvalue weighted by atomic mass is 10.1. The van der Waals surface area contributed by atoms with Crippen molar-refractivity contribution in [2.24, 2.45) is 0 Å². The fraction of sp³-hybridized carbons (Fsp3) is 0.385. The molecular weight excluding hydrogens is 296 g/mol. The van der Waals surface area contributed by atoms with Crippen LogP contribution in [0, 0.1) is 18.3 Å². The Morgan fingerprint density at radius 1 is 1.61 bits per heavy atom. The highest BCUT2D eigenvalue weighted by Crippen LogP contribution is 2.23. The first-order valence-corrected chi connectivity index (χ1v) is 6.48. The number of morpholine rings is 1. The lowest BCUT2D eigenvalue weighted by molar-refractivity contribution is 0.00342. The van der Waals surface area contributed by atoms with E-state index < -0.39 is 6.10 Å². The predicted octanol–water partition coefficient (Wildman–Crippen LogP) is 2.12. The fourth-order valence-electron chi connectivity index (χ4n) is 1.89. The van der Waals surface area contributed by atoms with Crippen LogP contribution in [0.3, 0.4) is 0 Å². The van der Waals surface area contributed by atoms with E-state index in [4.69, 9.17) is 10.00 Å². The van der Waals surface area contributed by atoms with E-state index in [0.29, 0.717) is 25.3 Å². The second-order valence-electron chi connectivity index (χ2n) is 4.18. The van der Waals surface area contributed by atoms with Gasteiger partial charge in [0.15, 0.2) is 6.10 Å². The smallest absolute Gasteiger partial charge is 0.255 e. The van der Waals surface area contributed by atoms with Crippen LogP contribution in [0.1, 0.15) is 15.9 Å². The van der Waals surface area contributed by atoms with Crippen LogP contribution in [0.25, 0.3) is 0 Å². The Labute approximate surface area is 114 Å². The lowest BCUT2D eigenvalue weighted by Gasteiger charge is -2.30. The van der Waals surface area contributed by atoms with Gasteiger partial charge in [0.25, 0.3) is 5.91 Å². The quantitative estimate of drug-likeness (QED) is 0.798. The number of carbonyl (C=O) groups is 1. The second kappa shape index (κ2) is 5.51. The van der Waals surface area contributed by atoms with Gasteiger partial charge in [-0.2, -0.15) is 5.26 Å². The maximum Gasteiger partial charge on any atom is 0.255 e. The molecule has 1 aliphatic rings. The number of rotatable bonds is 1. The molecule has 0 N–H and O–H groups in total. The highest BCUT2D eigenvalue weighted by molar-refractivity contribution is 9.10. The molecule has 1 saturated heterocycles. The van der Waals surface area contributed by atoms with Crippen LogP contribution in [0.15, 0.2) is 22.7 Å². The van der Waals surface area contributed by atoms with Crippen LogP contribution in [-0.4, -0.2) is 36.6 Å². The number of hydrogen-bond acceptors (Lipinski definition) is 3. The summed E-state index contributed by atoms with van der Waals surface area (Å²) in [5.41, 5.74) is 1.65. The molecule has 1 aromatic carbocycles. The van der Waals surface area contributed by atoms with Crippen molar-refractivity contribution >= 4 is 21.8 Å². The van der Waals surface area contributed by atoms with Crippen molar-refractivity contribution in [3.63, 3.8) is 0 Å². The standard InChI is InChI=1S/C13H13BrN2O2/c1-9-3-2-4-11(12(9)14)13(17)16-5-6-18-10(7-15)8-16/h2-4,10H,5-6,8H2,1H3. The first-order chi connectivity index (χ1) is 8.63. The highest BCUT2D eigenvalue weighted by Gasteiger charge is 2.26. The summed E-state index contributed by atoms with van der Waals surface area (Å²) in [5, 5.41) is 8.84. The molecule has 1 atom stereocenters. The maximum atomic E-state index is 12.4. The minimum Gasteiger partial charge on any atom is -0.360 e. The van der Waals surface area contributed by atoms with Gasteiger partial charge in [0.2, 0.25) is 0 Å². The molecule has 94 valence electrons. The summed E-state index contributed by atoms with van der Waals surface area (Å²) in [4.78, 5) is 14.0. The molecule has 1 aromatic rings. The van der Waals surface area contributed by atoms with E-state index in [2.05, 4.69) is 15.9 Å². The average molecular weight is 309 g/mol. The van der Waals surface area contributed by atoms with Crippen molar-refractivity contribution in [3.8, 4) is 6.07 Å². The number of halogens is 1. The molecule has 0 bridgehead atoms. The van der Waals surface area contributed by atoms with Crippen molar-refractivity contribution in [3.05, 3.63) is 33.8 Å². The van der Waals surface area contributed by atoms with E-state index in [1.807, 2.05) is 25.1 Å². The molecule has 0 radical (unpaired) electrons. The van der Waals surface area contributed by atoms with E-state index >= 15 is 0 Å². The predicted molar refractivity (Wildman–Crippen MR) is 70.1 cm³/mol. The average Bonchev–Trinajstić information content (AvgIpc) is 2.41. The van der Waals surface area contributed by atoms with Gasteiger partial charge in [-0.25, -0.2) is 0 Å². The molecule has 0 aromatic heterocycles. The lowest BCUT2D eigenvalue weighted by Crippen LogP contribution is -2.45. The molecule has 0 spiro atoms. The number of amides is 1. The molecule has 1 aliphatic heterocycles. The van der Waals surface area contributed by atoms with Gasteiger partial charge in [-0.15, -0.1) is 0 Å². The van der Waals surface area contributed by atoms with E-state index in [0.717, 1.165) is 10.0 Å². The molecule has 0 aliphatic carbocycles. The van der Waals surface area contributed by atoms with Crippen molar-refractivity contribution in [1.29, 1.82) is 5.26 Å². The molecule has 0 saturated carbocycles. The Morgan fingerprint density at radius 2 is 2.39 bits per heavy atom. The Hall–Kier alpha value is -1.38. The SMILES string of the molecule is Cc1cccc(C(=O)N2CCOC(C#N)C2)c1Br. The minimum atomic E-state index is -0.522. The molecule has 1 amide bonds. The van der Waals surface area contributed by atoms with E-state index in [1.54, 1.807) is 11.0 Å². The molecule has 2 rings (SSSR count). The largest absolute Gasteiger partial charge is 0.360 e. The zero-order chi connectivity index (χ0) is 13.1. The first-order valence-electron chi connectivity index (χ1n) is 5.69. The van der Waals surface area contributed by atoms with Gasteiger partial charge in [0.1, 0.15) is 0 Å². The Kier molecular flexibility index (Phi) is 4.00. The number of aryl methyl sites for hydroxylation is 1. The van der Waals surface area contributed by atoms with Crippen molar-refractivity contribution in [2.75, 3.05) is 19.7 Å². The van der Waals surface area contributed by atoms with Gasteiger partial charge in [0, 0.05) is 11.0 Å². The van der Waals surface area contributed by atoms with E-state index in [1.165, 1.54) is 0 Å². The summed E-state index contributed by atoms with van der Waals surface area (Å²) in [6, 6.07) is 7.63. The van der Waals surface area contributed by atoms with Crippen LogP contribution >= 0.6 is 15.9 Å². The number of ether oxygens (including phenoxy) is 1. The zero-order valence-corrected chi connectivity index (χ0v) is 11.6. The highest BCUT2D eigenvalue weighted by atomic mass is 79.9. The Balaban J connectivity index is 2.21. The first kappa shape index (κ1) is 13.1. The van der Waals surface area contributed by atoms with E-state index in [-0.39, 0.29) is 5.91 Å². The molecule has 4 nitrogen and oxygen atoms in total. The van der Waals surface area contributed by atoms with Crippen LogP contribution < -0.4 is 0 Å². The van der Waals surface area contributed by atoms with Gasteiger partial charge in [0.05, 0.1) is 24.8 Å². The van der Waals surface area contributed by atoms with Gasteiger partial charge < -0.3 is 9.64 Å². The number of nitrogens with zero attached hydrogens (tertiary/aromatic N) is 2. The third kappa shape index (κ3) is 2.55. The number of carbonyl (C=O) groups excluding carboxylic acids is 1. The molecule has 5 heteroatoms. The second-order valence-corrected chi connectivity index (χ2v) is 4.97. The summed E-state index contributed by atoms with van der Waals surface area (Å²) in [6.45, 7) is 3.21. The van der Waals surface area contributed by atoms with Crippen LogP contribution in [0.5, 0.6) is 0 Å². The normalized spacial score (nSPS) is 19.4. The van der Waals surface area contributed by atoms with Crippen LogP contribution in [0.2, 0.25) is 0 Å². The van der Waals surface area contributed by atoms with Crippen LogP contribution in [-0.2, 0) is 4.74 Å². The van der Waals surface area contributed by atoms with Gasteiger partial charge in [-0.05, 0) is 34.5 Å². The number of hydrogen-bond donors (Lipinski definition) is 0. The summed E-state index contributed by atoms with van der Waals surface area (Å²) >= 11 is 3.44. The molecule has 18 heavy (non-hydrogen) atoms. The molecule has 1 heterocycles. The summed E-state index contributed by atoms with van der Waals surface area (Å²) < 4.78 is 6.05. The van der Waals surface area contributed by atoms with E-state index in [9.17, 15) is 4.79 Å². The van der Waals surface area contributed by atoms with Gasteiger partial charge >= 0.3 is 0 Å². The third-order valence-electron chi connectivity index (χ3n) is 2.92. The monoisotopic (exact) mass is 308 g/mol.